The van der Waals surface area contributed by atoms with Crippen LogP contribution in [0.5, 0.6) is 0 Å². The maximum absolute atomic E-state index is 5.55. The van der Waals surface area contributed by atoms with Crippen LogP contribution in [-0.2, 0) is 0 Å². The lowest BCUT2D eigenvalue weighted by atomic mass is 10.0. The summed E-state index contributed by atoms with van der Waals surface area (Å²) in [5.74, 6) is 0. The Hall–Kier alpha value is 0.230. The van der Waals surface area contributed by atoms with Gasteiger partial charge in [0.15, 0.2) is 0 Å². The van der Waals surface area contributed by atoms with E-state index in [-0.39, 0.29) is 4.75 Å². The van der Waals surface area contributed by atoms with E-state index in [9.17, 15) is 0 Å². The molecule has 3 N–H and O–H groups in total. The molecule has 0 aromatic rings. The van der Waals surface area contributed by atoms with Crippen LogP contribution in [0, 0.1) is 0 Å². The maximum atomic E-state index is 5.55. The van der Waals surface area contributed by atoms with Gasteiger partial charge in [0.1, 0.15) is 0 Å². The van der Waals surface area contributed by atoms with Crippen molar-refractivity contribution in [3.05, 3.63) is 0 Å². The lowest BCUT2D eigenvalue weighted by Crippen LogP contribution is -2.56. The molecule has 90 valence electrons. The van der Waals surface area contributed by atoms with Gasteiger partial charge in [-0.2, -0.15) is 12.6 Å². The Labute approximate surface area is 99.2 Å². The normalized spacial score (nSPS) is 24.0. The number of rotatable bonds is 6. The van der Waals surface area contributed by atoms with Crippen molar-refractivity contribution >= 4 is 12.6 Å². The van der Waals surface area contributed by atoms with Gasteiger partial charge in [-0.25, -0.2) is 0 Å². The first-order valence-corrected chi connectivity index (χ1v) is 6.46. The average molecular weight is 231 g/mol. The number of likely N-dealkylation sites (tertiary alicyclic amines) is 1. The van der Waals surface area contributed by atoms with Crippen LogP contribution in [0.3, 0.4) is 0 Å². The fourth-order valence-corrected chi connectivity index (χ4v) is 2.41. The molecule has 0 amide bonds. The number of nitrogens with one attached hydrogen (secondary N) is 1. The minimum Gasteiger partial charge on any atom is -0.329 e. The highest BCUT2D eigenvalue weighted by molar-refractivity contribution is 7.81. The molecule has 2 atom stereocenters. The summed E-state index contributed by atoms with van der Waals surface area (Å²) in [4.78, 5) is 2.51. The van der Waals surface area contributed by atoms with Crippen molar-refractivity contribution in [2.75, 3.05) is 26.2 Å². The van der Waals surface area contributed by atoms with E-state index in [0.717, 1.165) is 13.0 Å². The van der Waals surface area contributed by atoms with Crippen LogP contribution >= 0.6 is 12.6 Å². The summed E-state index contributed by atoms with van der Waals surface area (Å²) in [6.07, 6.45) is 4.05. The van der Waals surface area contributed by atoms with Crippen LogP contribution in [-0.4, -0.2) is 42.0 Å². The van der Waals surface area contributed by atoms with Gasteiger partial charge in [-0.15, -0.1) is 0 Å². The Morgan fingerprint density at radius 1 is 1.47 bits per heavy atom. The van der Waals surface area contributed by atoms with Gasteiger partial charge in [0.05, 0.1) is 6.17 Å². The molecule has 1 fully saturated rings. The zero-order chi connectivity index (χ0) is 11.3. The molecule has 0 aromatic carbocycles. The zero-order valence-electron chi connectivity index (χ0n) is 10.00. The molecular weight excluding hydrogens is 206 g/mol. The molecule has 1 saturated heterocycles. The third kappa shape index (κ3) is 3.63. The van der Waals surface area contributed by atoms with Gasteiger partial charge in [0.2, 0.25) is 0 Å². The molecule has 1 aliphatic heterocycles. The van der Waals surface area contributed by atoms with Crippen LogP contribution in [0.25, 0.3) is 0 Å². The summed E-state index contributed by atoms with van der Waals surface area (Å²) < 4.78 is 0.0273. The van der Waals surface area contributed by atoms with Crippen molar-refractivity contribution < 1.29 is 0 Å². The van der Waals surface area contributed by atoms with E-state index >= 15 is 0 Å². The van der Waals surface area contributed by atoms with Gasteiger partial charge in [0.25, 0.3) is 0 Å². The van der Waals surface area contributed by atoms with Gasteiger partial charge in [-0.1, -0.05) is 6.92 Å². The molecule has 0 aromatic heterocycles. The Morgan fingerprint density at radius 3 is 2.53 bits per heavy atom. The second kappa shape index (κ2) is 6.09. The fourth-order valence-electron chi connectivity index (χ4n) is 2.16. The summed E-state index contributed by atoms with van der Waals surface area (Å²) in [5.41, 5.74) is 5.55. The van der Waals surface area contributed by atoms with E-state index in [4.69, 9.17) is 18.4 Å². The van der Waals surface area contributed by atoms with Crippen molar-refractivity contribution in [2.24, 2.45) is 5.73 Å². The molecule has 3 nitrogen and oxygen atoms in total. The molecule has 0 spiro atoms. The lowest BCUT2D eigenvalue weighted by Gasteiger charge is -2.39. The number of nitrogens with zero attached hydrogens (tertiary/aromatic N) is 1. The highest BCUT2D eigenvalue weighted by atomic mass is 32.1. The first-order valence-electron chi connectivity index (χ1n) is 6.01. The number of nitrogens with two attached hydrogens (primary N) is 1. The molecule has 0 bridgehead atoms. The van der Waals surface area contributed by atoms with E-state index in [1.54, 1.807) is 0 Å². The van der Waals surface area contributed by atoms with Crippen molar-refractivity contribution in [3.63, 3.8) is 0 Å². The first kappa shape index (κ1) is 13.3. The Morgan fingerprint density at radius 2 is 2.07 bits per heavy atom. The predicted octanol–water partition coefficient (Wildman–Crippen LogP) is 1.06. The molecule has 15 heavy (non-hydrogen) atoms. The largest absolute Gasteiger partial charge is 0.329 e. The summed E-state index contributed by atoms with van der Waals surface area (Å²) in [7, 11) is 0. The molecule has 0 aliphatic carbocycles. The van der Waals surface area contributed by atoms with Gasteiger partial charge in [-0.3, -0.25) is 10.2 Å². The minimum atomic E-state index is 0.0273. The smallest absolute Gasteiger partial charge is 0.0743 e. The summed E-state index contributed by atoms with van der Waals surface area (Å²) in [6, 6.07) is 0. The van der Waals surface area contributed by atoms with Crippen molar-refractivity contribution in [2.45, 2.75) is 44.0 Å². The maximum Gasteiger partial charge on any atom is 0.0743 e. The minimum absolute atomic E-state index is 0.0273. The Bertz CT molecular complexity index is 179. The molecule has 0 saturated carbocycles. The molecule has 1 rings (SSSR count). The van der Waals surface area contributed by atoms with E-state index in [2.05, 4.69) is 24.1 Å². The second-order valence-corrected chi connectivity index (χ2v) is 5.62. The lowest BCUT2D eigenvalue weighted by molar-refractivity contribution is 0.164. The molecule has 4 heteroatoms. The molecular formula is C11H25N3S. The van der Waals surface area contributed by atoms with Crippen LogP contribution in [0.1, 0.15) is 33.1 Å². The van der Waals surface area contributed by atoms with Crippen LogP contribution in [0.4, 0.5) is 0 Å². The Balaban J connectivity index is 2.58. The molecule has 1 aliphatic rings. The van der Waals surface area contributed by atoms with Crippen LogP contribution in [0.2, 0.25) is 0 Å². The SMILES string of the molecule is CCC(C)(S)C(NCCN)N1CCCC1. The second-order valence-electron chi connectivity index (χ2n) is 4.60. The average Bonchev–Trinajstić information content (AvgIpc) is 2.71. The summed E-state index contributed by atoms with van der Waals surface area (Å²) >= 11 is 4.78. The standard InChI is InChI=1S/C11H25N3S/c1-3-11(2,15)10(13-7-6-12)14-8-4-5-9-14/h10,13,15H,3-9,12H2,1-2H3. The third-order valence-electron chi connectivity index (χ3n) is 3.29. The van der Waals surface area contributed by atoms with E-state index < -0.39 is 0 Å². The third-order valence-corrected chi connectivity index (χ3v) is 3.85. The zero-order valence-corrected chi connectivity index (χ0v) is 10.9. The quantitative estimate of drug-likeness (QED) is 0.599. The van der Waals surface area contributed by atoms with Gasteiger partial charge in [-0.05, 0) is 39.3 Å². The predicted molar refractivity (Wildman–Crippen MR) is 69.3 cm³/mol. The van der Waals surface area contributed by atoms with E-state index in [0.29, 0.717) is 12.7 Å². The van der Waals surface area contributed by atoms with Crippen LogP contribution in [0.15, 0.2) is 0 Å². The first-order chi connectivity index (χ1) is 7.11. The van der Waals surface area contributed by atoms with Gasteiger partial charge < -0.3 is 5.73 Å². The number of thiol groups is 1. The molecule has 1 heterocycles. The highest BCUT2D eigenvalue weighted by Crippen LogP contribution is 2.27. The highest BCUT2D eigenvalue weighted by Gasteiger charge is 2.34. The van der Waals surface area contributed by atoms with Crippen molar-refractivity contribution in [1.82, 2.24) is 10.2 Å². The van der Waals surface area contributed by atoms with Crippen LogP contribution < -0.4 is 11.1 Å². The van der Waals surface area contributed by atoms with E-state index in [1.165, 1.54) is 25.9 Å². The molecule has 2 unspecified atom stereocenters. The van der Waals surface area contributed by atoms with Gasteiger partial charge >= 0.3 is 0 Å². The van der Waals surface area contributed by atoms with E-state index in [1.807, 2.05) is 0 Å². The fraction of sp³-hybridized carbons (Fsp3) is 1.00. The molecule has 0 radical (unpaired) electrons. The number of hydrogen-bond donors (Lipinski definition) is 3. The number of hydrogen-bond acceptors (Lipinski definition) is 4. The Kier molecular flexibility index (Phi) is 5.39. The van der Waals surface area contributed by atoms with Gasteiger partial charge in [0, 0.05) is 17.8 Å². The summed E-state index contributed by atoms with van der Waals surface area (Å²) in [5, 5.41) is 3.53. The van der Waals surface area contributed by atoms with Crippen molar-refractivity contribution in [1.29, 1.82) is 0 Å². The monoisotopic (exact) mass is 231 g/mol. The van der Waals surface area contributed by atoms with Crippen molar-refractivity contribution in [3.8, 4) is 0 Å². The topological polar surface area (TPSA) is 41.3 Å². The summed E-state index contributed by atoms with van der Waals surface area (Å²) in [6.45, 7) is 8.36.